The first-order chi connectivity index (χ1) is 11.3. The molecule has 4 rings (SSSR count). The van der Waals surface area contributed by atoms with Gasteiger partial charge in [0.05, 0.1) is 12.8 Å². The monoisotopic (exact) mass is 311 g/mol. The van der Waals surface area contributed by atoms with E-state index in [1.807, 2.05) is 25.2 Å². The number of hydrogen-bond donors (Lipinski definition) is 0. The summed E-state index contributed by atoms with van der Waals surface area (Å²) in [5.74, 6) is 2.54. The molecule has 2 aromatic heterocycles. The third kappa shape index (κ3) is 2.98. The van der Waals surface area contributed by atoms with Gasteiger partial charge in [-0.05, 0) is 30.8 Å². The van der Waals surface area contributed by atoms with Gasteiger partial charge in [0.25, 0.3) is 5.89 Å². The number of ether oxygens (including phenoxy) is 1. The van der Waals surface area contributed by atoms with Crippen LogP contribution in [-0.4, -0.2) is 34.8 Å². The van der Waals surface area contributed by atoms with E-state index in [1.54, 1.807) is 18.4 Å². The Morgan fingerprint density at radius 1 is 1.17 bits per heavy atom. The predicted octanol–water partition coefficient (Wildman–Crippen LogP) is 2.77. The second kappa shape index (κ2) is 5.89. The summed E-state index contributed by atoms with van der Waals surface area (Å²) in [5.41, 5.74) is 1.27. The Hall–Kier alpha value is -2.60. The molecule has 3 heterocycles. The van der Waals surface area contributed by atoms with E-state index in [0.29, 0.717) is 24.1 Å². The number of aromatic nitrogens is 2. The van der Waals surface area contributed by atoms with Crippen molar-refractivity contribution in [1.29, 1.82) is 0 Å². The second-order valence-corrected chi connectivity index (χ2v) is 5.73. The lowest BCUT2D eigenvalue weighted by molar-refractivity contribution is 0.158. The zero-order chi connectivity index (χ0) is 15.6. The molecule has 118 valence electrons. The Balaban J connectivity index is 1.35. The van der Waals surface area contributed by atoms with Crippen molar-refractivity contribution in [3.63, 3.8) is 0 Å². The van der Waals surface area contributed by atoms with Gasteiger partial charge in [0, 0.05) is 13.0 Å². The summed E-state index contributed by atoms with van der Waals surface area (Å²) in [6.45, 7) is 1.37. The van der Waals surface area contributed by atoms with Crippen LogP contribution in [0.25, 0.3) is 11.7 Å². The first-order valence-electron chi connectivity index (χ1n) is 7.57. The molecule has 3 aromatic rings. The Bertz CT molecular complexity index is 757. The van der Waals surface area contributed by atoms with Gasteiger partial charge in [0.1, 0.15) is 11.9 Å². The first kappa shape index (κ1) is 14.0. The van der Waals surface area contributed by atoms with Crippen LogP contribution in [0.4, 0.5) is 0 Å². The molecule has 0 N–H and O–H groups in total. The molecule has 0 unspecified atom stereocenters. The molecule has 6 nitrogen and oxygen atoms in total. The molecule has 0 saturated heterocycles. The highest BCUT2D eigenvalue weighted by atomic mass is 16.5. The number of benzene rings is 1. The Morgan fingerprint density at radius 3 is 2.91 bits per heavy atom. The van der Waals surface area contributed by atoms with E-state index < -0.39 is 0 Å². The highest BCUT2D eigenvalue weighted by Crippen LogP contribution is 2.28. The van der Waals surface area contributed by atoms with Crippen LogP contribution in [-0.2, 0) is 13.0 Å². The van der Waals surface area contributed by atoms with Crippen LogP contribution in [0.3, 0.4) is 0 Å². The van der Waals surface area contributed by atoms with Crippen LogP contribution in [0, 0.1) is 0 Å². The fourth-order valence-electron chi connectivity index (χ4n) is 2.82. The zero-order valence-electron chi connectivity index (χ0n) is 12.8. The second-order valence-electron chi connectivity index (χ2n) is 5.73. The molecule has 6 heteroatoms. The molecule has 0 bridgehead atoms. The molecule has 1 aliphatic rings. The summed E-state index contributed by atoms with van der Waals surface area (Å²) in [4.78, 5) is 2.12. The maximum atomic E-state index is 5.96. The SMILES string of the molecule is CN(Cc1nnc(-c2ccco2)o1)C[C@@H]1Cc2ccccc2O1. The molecule has 0 saturated carbocycles. The van der Waals surface area contributed by atoms with Gasteiger partial charge in [-0.1, -0.05) is 18.2 Å². The summed E-state index contributed by atoms with van der Waals surface area (Å²) < 4.78 is 16.8. The number of hydrogen-bond acceptors (Lipinski definition) is 6. The summed E-state index contributed by atoms with van der Waals surface area (Å²) in [7, 11) is 2.02. The normalized spacial score (nSPS) is 16.5. The van der Waals surface area contributed by atoms with Crippen LogP contribution in [0.2, 0.25) is 0 Å². The van der Waals surface area contributed by atoms with Gasteiger partial charge in [-0.3, -0.25) is 4.90 Å². The number of nitrogens with zero attached hydrogens (tertiary/aromatic N) is 3. The van der Waals surface area contributed by atoms with Gasteiger partial charge >= 0.3 is 0 Å². The van der Waals surface area contributed by atoms with Crippen LogP contribution in [0.5, 0.6) is 5.75 Å². The topological polar surface area (TPSA) is 64.5 Å². The smallest absolute Gasteiger partial charge is 0.283 e. The average Bonchev–Trinajstić information content (AvgIpc) is 3.26. The molecule has 0 aliphatic carbocycles. The molecular weight excluding hydrogens is 294 g/mol. The maximum Gasteiger partial charge on any atom is 0.283 e. The summed E-state index contributed by atoms with van der Waals surface area (Å²) >= 11 is 0. The van der Waals surface area contributed by atoms with E-state index in [1.165, 1.54) is 5.56 Å². The number of rotatable bonds is 5. The number of fused-ring (bicyclic) bond motifs is 1. The van der Waals surface area contributed by atoms with Gasteiger partial charge in [-0.15, -0.1) is 10.2 Å². The van der Waals surface area contributed by atoms with Gasteiger partial charge < -0.3 is 13.6 Å². The molecule has 23 heavy (non-hydrogen) atoms. The molecule has 0 spiro atoms. The lowest BCUT2D eigenvalue weighted by Gasteiger charge is -2.18. The molecular formula is C17H17N3O3. The van der Waals surface area contributed by atoms with Crippen LogP contribution in [0.15, 0.2) is 51.5 Å². The standard InChI is InChI=1S/C17H17N3O3/c1-20(10-13-9-12-5-2-3-6-14(12)22-13)11-16-18-19-17(23-16)15-7-4-8-21-15/h2-8,13H,9-11H2,1H3/t13-/m0/s1. The lowest BCUT2D eigenvalue weighted by Crippen LogP contribution is -2.31. The Morgan fingerprint density at radius 2 is 2.09 bits per heavy atom. The molecule has 1 aromatic carbocycles. The molecule has 0 fully saturated rings. The maximum absolute atomic E-state index is 5.96. The minimum Gasteiger partial charge on any atom is -0.488 e. The minimum absolute atomic E-state index is 0.157. The predicted molar refractivity (Wildman–Crippen MR) is 82.9 cm³/mol. The number of likely N-dealkylation sites (N-methyl/N-ethyl adjacent to an activating group) is 1. The van der Waals surface area contributed by atoms with Crippen molar-refractivity contribution in [2.24, 2.45) is 0 Å². The van der Waals surface area contributed by atoms with Gasteiger partial charge in [-0.25, -0.2) is 0 Å². The zero-order valence-corrected chi connectivity index (χ0v) is 12.8. The average molecular weight is 311 g/mol. The Labute approximate surface area is 133 Å². The molecule has 0 amide bonds. The highest BCUT2D eigenvalue weighted by Gasteiger charge is 2.24. The third-order valence-electron chi connectivity index (χ3n) is 3.83. The van der Waals surface area contributed by atoms with Crippen molar-refractivity contribution in [1.82, 2.24) is 15.1 Å². The molecule has 1 atom stereocenters. The van der Waals surface area contributed by atoms with Crippen molar-refractivity contribution < 1.29 is 13.6 Å². The van der Waals surface area contributed by atoms with Crippen molar-refractivity contribution in [3.8, 4) is 17.4 Å². The summed E-state index contributed by atoms with van der Waals surface area (Å²) in [6.07, 6.45) is 2.67. The lowest BCUT2D eigenvalue weighted by atomic mass is 10.1. The molecule has 1 aliphatic heterocycles. The third-order valence-corrected chi connectivity index (χ3v) is 3.83. The van der Waals surface area contributed by atoms with E-state index >= 15 is 0 Å². The van der Waals surface area contributed by atoms with Crippen molar-refractivity contribution in [3.05, 3.63) is 54.1 Å². The van der Waals surface area contributed by atoms with Gasteiger partial charge in [0.2, 0.25) is 5.89 Å². The number of para-hydroxylation sites is 1. The van der Waals surface area contributed by atoms with Crippen molar-refractivity contribution in [2.75, 3.05) is 13.6 Å². The van der Waals surface area contributed by atoms with E-state index in [4.69, 9.17) is 13.6 Å². The van der Waals surface area contributed by atoms with Gasteiger partial charge in [-0.2, -0.15) is 0 Å². The highest BCUT2D eigenvalue weighted by molar-refractivity contribution is 5.42. The first-order valence-corrected chi connectivity index (χ1v) is 7.57. The van der Waals surface area contributed by atoms with E-state index in [9.17, 15) is 0 Å². The largest absolute Gasteiger partial charge is 0.488 e. The van der Waals surface area contributed by atoms with Crippen LogP contribution in [0.1, 0.15) is 11.5 Å². The fourth-order valence-corrected chi connectivity index (χ4v) is 2.82. The Kier molecular flexibility index (Phi) is 3.59. The quantitative estimate of drug-likeness (QED) is 0.722. The summed E-state index contributed by atoms with van der Waals surface area (Å²) in [6, 6.07) is 11.8. The van der Waals surface area contributed by atoms with Crippen molar-refractivity contribution in [2.45, 2.75) is 19.1 Å². The number of furan rings is 1. The fraction of sp³-hybridized carbons (Fsp3) is 0.294. The van der Waals surface area contributed by atoms with E-state index in [-0.39, 0.29) is 6.10 Å². The molecule has 0 radical (unpaired) electrons. The van der Waals surface area contributed by atoms with Crippen molar-refractivity contribution >= 4 is 0 Å². The summed E-state index contributed by atoms with van der Waals surface area (Å²) in [5, 5.41) is 8.07. The van der Waals surface area contributed by atoms with E-state index in [0.717, 1.165) is 18.7 Å². The van der Waals surface area contributed by atoms with Crippen LogP contribution < -0.4 is 4.74 Å². The van der Waals surface area contributed by atoms with Crippen LogP contribution >= 0.6 is 0 Å². The van der Waals surface area contributed by atoms with E-state index in [2.05, 4.69) is 21.2 Å². The van der Waals surface area contributed by atoms with Gasteiger partial charge in [0.15, 0.2) is 5.76 Å². The minimum atomic E-state index is 0.157.